The van der Waals surface area contributed by atoms with Crippen molar-refractivity contribution in [3.05, 3.63) is 42.1 Å². The van der Waals surface area contributed by atoms with Crippen molar-refractivity contribution in [3.8, 4) is 0 Å². The van der Waals surface area contributed by atoms with Crippen LogP contribution < -0.4 is 5.32 Å². The molecular formula is C9H8NO. The third-order valence-electron chi connectivity index (χ3n) is 1.22. The molecule has 11 heavy (non-hydrogen) atoms. The molecule has 1 amide bonds. The molecule has 0 saturated carbocycles. The number of benzene rings is 1. The predicted molar refractivity (Wildman–Crippen MR) is 44.3 cm³/mol. The van der Waals surface area contributed by atoms with Crippen molar-refractivity contribution in [3.63, 3.8) is 0 Å². The molecule has 0 aliphatic rings. The van der Waals surface area contributed by atoms with Crippen molar-refractivity contribution in [2.75, 3.05) is 0 Å². The Bertz CT molecular complexity index is 241. The summed E-state index contributed by atoms with van der Waals surface area (Å²) in [4.78, 5) is 9.71. The monoisotopic (exact) mass is 146 g/mol. The highest BCUT2D eigenvalue weighted by atomic mass is 16.1. The molecular weight excluding hydrogens is 138 g/mol. The van der Waals surface area contributed by atoms with E-state index < -0.39 is 0 Å². The van der Waals surface area contributed by atoms with E-state index in [2.05, 4.69) is 5.32 Å². The summed E-state index contributed by atoms with van der Waals surface area (Å²) < 4.78 is 0. The molecule has 1 aromatic carbocycles. The van der Waals surface area contributed by atoms with Crippen molar-refractivity contribution in [2.45, 2.75) is 0 Å². The molecule has 1 aromatic rings. The molecule has 2 heteroatoms. The van der Waals surface area contributed by atoms with Crippen LogP contribution in [0.5, 0.6) is 0 Å². The summed E-state index contributed by atoms with van der Waals surface area (Å²) in [5.74, 6) is 0. The zero-order valence-corrected chi connectivity index (χ0v) is 5.95. The van der Waals surface area contributed by atoms with Gasteiger partial charge in [0.05, 0.1) is 0 Å². The number of hydrogen-bond donors (Lipinski definition) is 1. The molecule has 2 nitrogen and oxygen atoms in total. The van der Waals surface area contributed by atoms with Crippen LogP contribution in [0, 0.1) is 0 Å². The summed E-state index contributed by atoms with van der Waals surface area (Å²) in [6.45, 7) is 0. The number of amides is 1. The van der Waals surface area contributed by atoms with Gasteiger partial charge in [-0.1, -0.05) is 30.3 Å². The van der Waals surface area contributed by atoms with Gasteiger partial charge in [0.2, 0.25) is 0 Å². The maximum Gasteiger partial charge on any atom is 0.313 e. The second-order valence-corrected chi connectivity index (χ2v) is 1.99. The smallest absolute Gasteiger partial charge is 0.313 e. The Morgan fingerprint density at radius 1 is 1.27 bits per heavy atom. The van der Waals surface area contributed by atoms with Crippen LogP contribution in [0.4, 0.5) is 0 Å². The lowest BCUT2D eigenvalue weighted by molar-refractivity contribution is 0.550. The molecule has 0 atom stereocenters. The van der Waals surface area contributed by atoms with Gasteiger partial charge in [0.15, 0.2) is 0 Å². The second-order valence-electron chi connectivity index (χ2n) is 1.99. The summed E-state index contributed by atoms with van der Waals surface area (Å²) in [6.07, 6.45) is 4.89. The van der Waals surface area contributed by atoms with Crippen LogP contribution in [-0.4, -0.2) is 6.41 Å². The van der Waals surface area contributed by atoms with Gasteiger partial charge >= 0.3 is 6.41 Å². The second kappa shape index (κ2) is 4.28. The van der Waals surface area contributed by atoms with Crippen LogP contribution >= 0.6 is 0 Å². The Morgan fingerprint density at radius 3 is 2.64 bits per heavy atom. The fourth-order valence-electron chi connectivity index (χ4n) is 0.736. The quantitative estimate of drug-likeness (QED) is 0.640. The third-order valence-corrected chi connectivity index (χ3v) is 1.22. The number of nitrogens with one attached hydrogen (secondary N) is 1. The zero-order chi connectivity index (χ0) is 7.94. The molecule has 1 rings (SSSR count). The van der Waals surface area contributed by atoms with Crippen LogP contribution in [0.2, 0.25) is 0 Å². The van der Waals surface area contributed by atoms with E-state index in [0.717, 1.165) is 5.56 Å². The van der Waals surface area contributed by atoms with E-state index in [1.54, 1.807) is 18.7 Å². The van der Waals surface area contributed by atoms with Crippen LogP contribution in [0.25, 0.3) is 6.08 Å². The van der Waals surface area contributed by atoms with Gasteiger partial charge in [0.1, 0.15) is 0 Å². The average molecular weight is 146 g/mol. The van der Waals surface area contributed by atoms with E-state index in [1.165, 1.54) is 0 Å². The molecule has 0 unspecified atom stereocenters. The fraction of sp³-hybridized carbons (Fsp3) is 0. The summed E-state index contributed by atoms with van der Waals surface area (Å²) in [5.41, 5.74) is 1.05. The highest BCUT2D eigenvalue weighted by molar-refractivity contribution is 5.55. The maximum absolute atomic E-state index is 9.71. The van der Waals surface area contributed by atoms with E-state index in [9.17, 15) is 4.79 Å². The molecule has 0 aliphatic heterocycles. The topological polar surface area (TPSA) is 29.1 Å². The van der Waals surface area contributed by atoms with Crippen molar-refractivity contribution >= 4 is 12.5 Å². The van der Waals surface area contributed by atoms with Crippen LogP contribution in [0.1, 0.15) is 5.56 Å². The molecule has 0 fully saturated rings. The molecule has 1 radical (unpaired) electrons. The molecule has 0 spiro atoms. The van der Waals surface area contributed by atoms with Gasteiger partial charge in [0.25, 0.3) is 0 Å². The van der Waals surface area contributed by atoms with Crippen molar-refractivity contribution in [2.24, 2.45) is 0 Å². The molecule has 1 N–H and O–H groups in total. The molecule has 0 aliphatic carbocycles. The van der Waals surface area contributed by atoms with E-state index in [4.69, 9.17) is 0 Å². The van der Waals surface area contributed by atoms with E-state index in [-0.39, 0.29) is 0 Å². The number of hydrogen-bond acceptors (Lipinski definition) is 1. The first-order valence-corrected chi connectivity index (χ1v) is 3.28. The van der Waals surface area contributed by atoms with Crippen molar-refractivity contribution < 1.29 is 4.79 Å². The Hall–Kier alpha value is -1.57. The van der Waals surface area contributed by atoms with Crippen LogP contribution in [0.15, 0.2) is 36.5 Å². The first-order chi connectivity index (χ1) is 5.43. The van der Waals surface area contributed by atoms with Gasteiger partial charge in [-0.3, -0.25) is 4.79 Å². The predicted octanol–water partition coefficient (Wildman–Crippen LogP) is 1.31. The van der Waals surface area contributed by atoms with Crippen LogP contribution in [-0.2, 0) is 4.79 Å². The summed E-state index contributed by atoms with van der Waals surface area (Å²) in [5, 5.41) is 2.31. The summed E-state index contributed by atoms with van der Waals surface area (Å²) >= 11 is 0. The van der Waals surface area contributed by atoms with Gasteiger partial charge in [0, 0.05) is 6.20 Å². The van der Waals surface area contributed by atoms with Gasteiger partial charge in [-0.15, -0.1) is 0 Å². The van der Waals surface area contributed by atoms with Crippen molar-refractivity contribution in [1.82, 2.24) is 5.32 Å². The van der Waals surface area contributed by atoms with E-state index in [0.29, 0.717) is 0 Å². The summed E-state index contributed by atoms with van der Waals surface area (Å²) in [6, 6.07) is 9.71. The largest absolute Gasteiger partial charge is 0.324 e. The Balaban J connectivity index is 2.57. The standard InChI is InChI=1S/C9H8NO/c11-8-10-7-6-9-4-2-1-3-5-9/h1-7H,(H,10,11). The number of carbonyl (C=O) groups excluding carboxylic acids is 1. The third kappa shape index (κ3) is 2.67. The minimum atomic E-state index is 1.05. The van der Waals surface area contributed by atoms with Crippen molar-refractivity contribution in [1.29, 1.82) is 0 Å². The molecule has 0 aromatic heterocycles. The van der Waals surface area contributed by atoms with Gasteiger partial charge in [-0.05, 0) is 11.6 Å². The molecule has 0 saturated heterocycles. The lowest BCUT2D eigenvalue weighted by atomic mass is 10.2. The average Bonchev–Trinajstić information content (AvgIpc) is 2.07. The normalized spacial score (nSPS) is 9.82. The maximum atomic E-state index is 9.71. The summed E-state index contributed by atoms with van der Waals surface area (Å²) in [7, 11) is 0. The lowest BCUT2D eigenvalue weighted by Gasteiger charge is -1.88. The highest BCUT2D eigenvalue weighted by Gasteiger charge is 1.79. The first kappa shape index (κ1) is 7.54. The molecule has 0 heterocycles. The van der Waals surface area contributed by atoms with E-state index in [1.807, 2.05) is 30.3 Å². The first-order valence-electron chi connectivity index (χ1n) is 3.28. The molecule has 0 bridgehead atoms. The Morgan fingerprint density at radius 2 is 2.00 bits per heavy atom. The minimum Gasteiger partial charge on any atom is -0.324 e. The molecule has 55 valence electrons. The van der Waals surface area contributed by atoms with Gasteiger partial charge in [-0.2, -0.15) is 0 Å². The van der Waals surface area contributed by atoms with Gasteiger partial charge < -0.3 is 5.32 Å². The van der Waals surface area contributed by atoms with Crippen LogP contribution in [0.3, 0.4) is 0 Å². The SMILES string of the molecule is O=[C]NC=Cc1ccccc1. The highest BCUT2D eigenvalue weighted by Crippen LogP contribution is 1.98. The Labute approximate surface area is 65.5 Å². The zero-order valence-electron chi connectivity index (χ0n) is 5.95. The number of rotatable bonds is 3. The minimum absolute atomic E-state index is 1.05. The Kier molecular flexibility index (Phi) is 2.93. The fourth-order valence-corrected chi connectivity index (χ4v) is 0.736. The lowest BCUT2D eigenvalue weighted by Crippen LogP contribution is -1.97. The van der Waals surface area contributed by atoms with Gasteiger partial charge in [-0.25, -0.2) is 0 Å². The van der Waals surface area contributed by atoms with E-state index >= 15 is 0 Å².